The summed E-state index contributed by atoms with van der Waals surface area (Å²) in [6.45, 7) is 1.58. The third kappa shape index (κ3) is 4.63. The van der Waals surface area contributed by atoms with E-state index in [1.165, 1.54) is 19.2 Å². The number of benzene rings is 2. The van der Waals surface area contributed by atoms with Crippen LogP contribution in [0.5, 0.6) is 5.75 Å². The molecular formula is C17H18FNO3S. The predicted octanol–water partition coefficient (Wildman–Crippen LogP) is 3.11. The fourth-order valence-electron chi connectivity index (χ4n) is 2.02. The Labute approximate surface area is 137 Å². The smallest absolute Gasteiger partial charge is 0.239 e. The van der Waals surface area contributed by atoms with E-state index >= 15 is 0 Å². The van der Waals surface area contributed by atoms with Gasteiger partial charge in [-0.3, -0.25) is 9.00 Å². The molecule has 0 bridgehead atoms. The molecule has 2 aromatic carbocycles. The van der Waals surface area contributed by atoms with E-state index in [9.17, 15) is 13.4 Å². The van der Waals surface area contributed by atoms with Gasteiger partial charge in [0.1, 0.15) is 16.8 Å². The Morgan fingerprint density at radius 1 is 1.26 bits per heavy atom. The van der Waals surface area contributed by atoms with Crippen molar-refractivity contribution in [1.82, 2.24) is 0 Å². The van der Waals surface area contributed by atoms with Crippen molar-refractivity contribution in [2.24, 2.45) is 0 Å². The molecule has 0 fully saturated rings. The Morgan fingerprint density at radius 2 is 2.00 bits per heavy atom. The number of hydrogen-bond donors (Lipinski definition) is 1. The molecule has 122 valence electrons. The van der Waals surface area contributed by atoms with E-state index in [4.69, 9.17) is 4.74 Å². The maximum Gasteiger partial charge on any atom is 0.239 e. The third-order valence-electron chi connectivity index (χ3n) is 3.33. The number of carbonyl (C=O) groups is 1. The zero-order chi connectivity index (χ0) is 16.8. The molecule has 0 aliphatic heterocycles. The number of carbonyl (C=O) groups excluding carboxylic acids is 1. The van der Waals surface area contributed by atoms with Crippen molar-refractivity contribution < 1.29 is 18.1 Å². The zero-order valence-corrected chi connectivity index (χ0v) is 13.7. The first kappa shape index (κ1) is 17.1. The number of para-hydroxylation sites is 2. The highest BCUT2D eigenvalue weighted by molar-refractivity contribution is 7.85. The van der Waals surface area contributed by atoms with Gasteiger partial charge in [-0.15, -0.1) is 0 Å². The zero-order valence-electron chi connectivity index (χ0n) is 12.9. The van der Waals surface area contributed by atoms with Crippen molar-refractivity contribution >= 4 is 22.4 Å². The minimum absolute atomic E-state index is 0.123. The second-order valence-electron chi connectivity index (χ2n) is 4.99. The lowest BCUT2D eigenvalue weighted by atomic mass is 10.2. The summed E-state index contributed by atoms with van der Waals surface area (Å²) in [5, 5.41) is 1.98. The molecule has 6 heteroatoms. The summed E-state index contributed by atoms with van der Waals surface area (Å²) in [5.41, 5.74) is 1.12. The van der Waals surface area contributed by atoms with Gasteiger partial charge in [0.2, 0.25) is 5.91 Å². The molecule has 0 spiro atoms. The molecule has 0 saturated heterocycles. The van der Waals surface area contributed by atoms with Crippen molar-refractivity contribution in [3.8, 4) is 5.75 Å². The molecule has 0 aliphatic rings. The Morgan fingerprint density at radius 3 is 2.70 bits per heavy atom. The molecule has 0 radical (unpaired) electrons. The summed E-state index contributed by atoms with van der Waals surface area (Å²) in [7, 11) is 0.0546. The highest BCUT2D eigenvalue weighted by Crippen LogP contribution is 2.23. The van der Waals surface area contributed by atoms with Gasteiger partial charge in [0.25, 0.3) is 0 Å². The maximum atomic E-state index is 13.2. The SMILES string of the molecule is COc1ccccc1NC(=O)[C@@H](C)[S@](=O)Cc1cccc(F)c1. The molecule has 2 atom stereocenters. The second-order valence-corrected chi connectivity index (χ2v) is 6.74. The van der Waals surface area contributed by atoms with Crippen LogP contribution >= 0.6 is 0 Å². The van der Waals surface area contributed by atoms with Crippen LogP contribution in [0, 0.1) is 5.82 Å². The molecule has 23 heavy (non-hydrogen) atoms. The summed E-state index contributed by atoms with van der Waals surface area (Å²) in [4.78, 5) is 12.2. The first-order valence-electron chi connectivity index (χ1n) is 7.06. The molecule has 0 aliphatic carbocycles. The highest BCUT2D eigenvalue weighted by Gasteiger charge is 2.21. The minimum atomic E-state index is -1.46. The number of halogens is 1. The van der Waals surface area contributed by atoms with Crippen LogP contribution < -0.4 is 10.1 Å². The maximum absolute atomic E-state index is 13.2. The number of amides is 1. The predicted molar refractivity (Wildman–Crippen MR) is 89.3 cm³/mol. The molecular weight excluding hydrogens is 317 g/mol. The number of anilines is 1. The Balaban J connectivity index is 2.02. The average Bonchev–Trinajstić information content (AvgIpc) is 2.54. The Kier molecular flexibility index (Phi) is 5.87. The molecule has 0 aromatic heterocycles. The van der Waals surface area contributed by atoms with Gasteiger partial charge in [-0.05, 0) is 36.8 Å². The van der Waals surface area contributed by atoms with Crippen molar-refractivity contribution in [3.63, 3.8) is 0 Å². The van der Waals surface area contributed by atoms with Gasteiger partial charge in [-0.1, -0.05) is 24.3 Å². The molecule has 2 rings (SSSR count). The van der Waals surface area contributed by atoms with Crippen molar-refractivity contribution in [1.29, 1.82) is 0 Å². The van der Waals surface area contributed by atoms with E-state index in [-0.39, 0.29) is 17.5 Å². The quantitative estimate of drug-likeness (QED) is 0.882. The molecule has 1 amide bonds. The first-order chi connectivity index (χ1) is 11.0. The lowest BCUT2D eigenvalue weighted by molar-refractivity contribution is -0.115. The van der Waals surface area contributed by atoms with E-state index in [2.05, 4.69) is 5.32 Å². The van der Waals surface area contributed by atoms with Crippen molar-refractivity contribution in [2.45, 2.75) is 17.9 Å². The summed E-state index contributed by atoms with van der Waals surface area (Å²) >= 11 is 0. The fraction of sp³-hybridized carbons (Fsp3) is 0.235. The second kappa shape index (κ2) is 7.87. The van der Waals surface area contributed by atoms with Gasteiger partial charge in [-0.25, -0.2) is 4.39 Å². The first-order valence-corrected chi connectivity index (χ1v) is 8.45. The average molecular weight is 335 g/mol. The van der Waals surface area contributed by atoms with Crippen LogP contribution in [0.25, 0.3) is 0 Å². The van der Waals surface area contributed by atoms with Gasteiger partial charge >= 0.3 is 0 Å². The van der Waals surface area contributed by atoms with Crippen molar-refractivity contribution in [2.75, 3.05) is 12.4 Å². The fourth-order valence-corrected chi connectivity index (χ4v) is 3.07. The normalized spacial score (nSPS) is 13.2. The summed E-state index contributed by atoms with van der Waals surface area (Å²) in [6, 6.07) is 12.9. The number of ether oxygens (including phenoxy) is 1. The Hall–Kier alpha value is -2.21. The monoisotopic (exact) mass is 335 g/mol. The van der Waals surface area contributed by atoms with E-state index in [0.717, 1.165) is 0 Å². The van der Waals surface area contributed by atoms with Crippen LogP contribution in [0.15, 0.2) is 48.5 Å². The molecule has 2 aromatic rings. The number of nitrogens with one attached hydrogen (secondary N) is 1. The largest absolute Gasteiger partial charge is 0.495 e. The third-order valence-corrected chi connectivity index (χ3v) is 4.95. The molecule has 1 N–H and O–H groups in total. The summed E-state index contributed by atoms with van der Waals surface area (Å²) in [5.74, 6) is -0.100. The summed E-state index contributed by atoms with van der Waals surface area (Å²) in [6.07, 6.45) is 0. The van der Waals surface area contributed by atoms with Gasteiger partial charge < -0.3 is 10.1 Å². The number of methoxy groups -OCH3 is 1. The van der Waals surface area contributed by atoms with E-state index < -0.39 is 16.0 Å². The topological polar surface area (TPSA) is 55.4 Å². The van der Waals surface area contributed by atoms with Crippen LogP contribution in [-0.4, -0.2) is 22.5 Å². The minimum Gasteiger partial charge on any atom is -0.495 e. The van der Waals surface area contributed by atoms with Crippen LogP contribution in [0.3, 0.4) is 0 Å². The van der Waals surface area contributed by atoms with Crippen LogP contribution in [0.2, 0.25) is 0 Å². The Bertz CT molecular complexity index is 720. The van der Waals surface area contributed by atoms with Crippen LogP contribution in [-0.2, 0) is 21.3 Å². The lowest BCUT2D eigenvalue weighted by Crippen LogP contribution is -2.29. The highest BCUT2D eigenvalue weighted by atomic mass is 32.2. The molecule has 0 saturated carbocycles. The van der Waals surface area contributed by atoms with Gasteiger partial charge in [0.05, 0.1) is 12.8 Å². The standard InChI is InChI=1S/C17H18FNO3S/c1-12(23(21)11-13-6-5-7-14(18)10-13)17(20)19-15-8-3-4-9-16(15)22-2/h3-10,12H,11H2,1-2H3,(H,19,20)/t12-,23-/m1/s1. The van der Waals surface area contributed by atoms with Gasteiger partial charge in [0.15, 0.2) is 0 Å². The van der Waals surface area contributed by atoms with Crippen LogP contribution in [0.4, 0.5) is 10.1 Å². The van der Waals surface area contributed by atoms with Gasteiger partial charge in [0, 0.05) is 16.6 Å². The van der Waals surface area contributed by atoms with Crippen LogP contribution in [0.1, 0.15) is 12.5 Å². The van der Waals surface area contributed by atoms with Crippen molar-refractivity contribution in [3.05, 3.63) is 59.9 Å². The number of rotatable bonds is 6. The molecule has 0 heterocycles. The molecule has 0 unspecified atom stereocenters. The lowest BCUT2D eigenvalue weighted by Gasteiger charge is -2.14. The van der Waals surface area contributed by atoms with Gasteiger partial charge in [-0.2, -0.15) is 0 Å². The van der Waals surface area contributed by atoms with E-state index in [1.54, 1.807) is 43.3 Å². The number of hydrogen-bond acceptors (Lipinski definition) is 3. The summed E-state index contributed by atoms with van der Waals surface area (Å²) < 4.78 is 30.6. The molecule has 4 nitrogen and oxygen atoms in total. The van der Waals surface area contributed by atoms with E-state index in [1.807, 2.05) is 0 Å². The van der Waals surface area contributed by atoms with E-state index in [0.29, 0.717) is 17.0 Å².